The molecule has 0 spiro atoms. The van der Waals surface area contributed by atoms with E-state index in [4.69, 9.17) is 16.3 Å². The number of ether oxygens (including phenoxy) is 1. The summed E-state index contributed by atoms with van der Waals surface area (Å²) in [5.41, 5.74) is 0.802. The molecule has 1 aromatic rings. The van der Waals surface area contributed by atoms with E-state index >= 15 is 0 Å². The van der Waals surface area contributed by atoms with E-state index < -0.39 is 0 Å². The van der Waals surface area contributed by atoms with Gasteiger partial charge in [0, 0.05) is 10.4 Å². The molecule has 2 rings (SSSR count). The van der Waals surface area contributed by atoms with Crippen LogP contribution >= 0.6 is 27.5 Å². The SMILES string of the molecule is Fc1cc(Cl)c2c(c1)C(Br)CCO2. The number of halogens is 3. The summed E-state index contributed by atoms with van der Waals surface area (Å²) in [6.45, 7) is 0.619. The lowest BCUT2D eigenvalue weighted by Gasteiger charge is -2.22. The fourth-order valence-corrected chi connectivity index (χ4v) is 2.18. The van der Waals surface area contributed by atoms with Crippen LogP contribution in [0.5, 0.6) is 5.75 Å². The number of fused-ring (bicyclic) bond motifs is 1. The number of alkyl halides is 1. The molecule has 1 unspecified atom stereocenters. The molecular weight excluding hydrogens is 258 g/mol. The van der Waals surface area contributed by atoms with Gasteiger partial charge in [-0.15, -0.1) is 0 Å². The minimum absolute atomic E-state index is 0.143. The number of benzene rings is 1. The smallest absolute Gasteiger partial charge is 0.142 e. The zero-order chi connectivity index (χ0) is 9.42. The van der Waals surface area contributed by atoms with E-state index in [1.807, 2.05) is 0 Å². The highest BCUT2D eigenvalue weighted by molar-refractivity contribution is 9.09. The standard InChI is InChI=1S/C9H7BrClFO/c10-7-1-2-13-9-6(7)3-5(12)4-8(9)11/h3-4,7H,1-2H2. The highest BCUT2D eigenvalue weighted by Gasteiger charge is 2.22. The Kier molecular flexibility index (Phi) is 2.47. The molecule has 0 fully saturated rings. The van der Waals surface area contributed by atoms with Crippen LogP contribution in [0.1, 0.15) is 16.8 Å². The van der Waals surface area contributed by atoms with Gasteiger partial charge < -0.3 is 4.74 Å². The van der Waals surface area contributed by atoms with Gasteiger partial charge in [0.2, 0.25) is 0 Å². The van der Waals surface area contributed by atoms with Gasteiger partial charge in [0.25, 0.3) is 0 Å². The highest BCUT2D eigenvalue weighted by Crippen LogP contribution is 2.42. The normalized spacial score (nSPS) is 20.7. The van der Waals surface area contributed by atoms with Crippen LogP contribution in [0.15, 0.2) is 12.1 Å². The average molecular weight is 266 g/mol. The van der Waals surface area contributed by atoms with Crippen molar-refractivity contribution < 1.29 is 9.13 Å². The Balaban J connectivity index is 2.56. The molecule has 0 saturated heterocycles. The zero-order valence-electron chi connectivity index (χ0n) is 6.69. The third kappa shape index (κ3) is 1.67. The Bertz CT molecular complexity index is 343. The Hall–Kier alpha value is -0.280. The van der Waals surface area contributed by atoms with Gasteiger partial charge in [-0.05, 0) is 18.6 Å². The molecule has 70 valence electrons. The molecule has 1 aliphatic rings. The van der Waals surface area contributed by atoms with E-state index in [1.54, 1.807) is 0 Å². The van der Waals surface area contributed by atoms with Crippen LogP contribution in [0.25, 0.3) is 0 Å². The molecule has 0 N–H and O–H groups in total. The lowest BCUT2D eigenvalue weighted by Crippen LogP contribution is -2.11. The highest BCUT2D eigenvalue weighted by atomic mass is 79.9. The van der Waals surface area contributed by atoms with Crippen LogP contribution in [-0.4, -0.2) is 6.61 Å². The van der Waals surface area contributed by atoms with Crippen LogP contribution in [0.2, 0.25) is 5.02 Å². The van der Waals surface area contributed by atoms with E-state index in [9.17, 15) is 4.39 Å². The van der Waals surface area contributed by atoms with E-state index in [-0.39, 0.29) is 10.6 Å². The van der Waals surface area contributed by atoms with Gasteiger partial charge in [-0.2, -0.15) is 0 Å². The summed E-state index contributed by atoms with van der Waals surface area (Å²) in [4.78, 5) is 0.143. The van der Waals surface area contributed by atoms with Crippen molar-refractivity contribution in [2.24, 2.45) is 0 Å². The number of rotatable bonds is 0. The Morgan fingerprint density at radius 3 is 3.08 bits per heavy atom. The van der Waals surface area contributed by atoms with Crippen molar-refractivity contribution in [2.45, 2.75) is 11.2 Å². The first kappa shape index (κ1) is 9.28. The summed E-state index contributed by atoms with van der Waals surface area (Å²) in [5.74, 6) is 0.287. The van der Waals surface area contributed by atoms with Gasteiger partial charge in [0.1, 0.15) is 11.6 Å². The van der Waals surface area contributed by atoms with Gasteiger partial charge in [-0.25, -0.2) is 4.39 Å². The second-order valence-electron chi connectivity index (χ2n) is 2.91. The Morgan fingerprint density at radius 2 is 2.31 bits per heavy atom. The average Bonchev–Trinajstić information content (AvgIpc) is 2.07. The summed E-state index contributed by atoms with van der Waals surface area (Å²) in [5, 5.41) is 0.346. The summed E-state index contributed by atoms with van der Waals surface area (Å²) in [7, 11) is 0. The fraction of sp³-hybridized carbons (Fsp3) is 0.333. The van der Waals surface area contributed by atoms with Crippen molar-refractivity contribution in [3.63, 3.8) is 0 Å². The van der Waals surface area contributed by atoms with Gasteiger partial charge in [-0.1, -0.05) is 27.5 Å². The summed E-state index contributed by atoms with van der Waals surface area (Å²) in [6, 6.07) is 2.73. The molecule has 0 aliphatic carbocycles. The predicted octanol–water partition coefficient (Wildman–Crippen LogP) is 3.70. The number of hydrogen-bond acceptors (Lipinski definition) is 1. The molecule has 1 aliphatic heterocycles. The molecule has 1 nitrogen and oxygen atoms in total. The molecular formula is C9H7BrClFO. The summed E-state index contributed by atoms with van der Waals surface area (Å²) < 4.78 is 18.3. The monoisotopic (exact) mass is 264 g/mol. The maximum absolute atomic E-state index is 13.0. The van der Waals surface area contributed by atoms with Crippen molar-refractivity contribution >= 4 is 27.5 Å². The Morgan fingerprint density at radius 1 is 1.54 bits per heavy atom. The minimum atomic E-state index is -0.321. The van der Waals surface area contributed by atoms with Crippen molar-refractivity contribution in [3.8, 4) is 5.75 Å². The van der Waals surface area contributed by atoms with Crippen LogP contribution in [0.4, 0.5) is 4.39 Å². The first-order chi connectivity index (χ1) is 6.18. The van der Waals surface area contributed by atoms with Crippen LogP contribution in [-0.2, 0) is 0 Å². The van der Waals surface area contributed by atoms with Gasteiger partial charge in [0.15, 0.2) is 0 Å². The van der Waals surface area contributed by atoms with Crippen LogP contribution < -0.4 is 4.74 Å². The molecule has 0 radical (unpaired) electrons. The molecule has 0 aromatic heterocycles. The van der Waals surface area contributed by atoms with Crippen LogP contribution in [0, 0.1) is 5.82 Å². The summed E-state index contributed by atoms with van der Waals surface area (Å²) in [6.07, 6.45) is 0.840. The van der Waals surface area contributed by atoms with Gasteiger partial charge in [-0.3, -0.25) is 0 Å². The summed E-state index contributed by atoms with van der Waals surface area (Å²) >= 11 is 9.28. The predicted molar refractivity (Wildman–Crippen MR) is 53.2 cm³/mol. The lowest BCUT2D eigenvalue weighted by molar-refractivity contribution is 0.287. The molecule has 1 atom stereocenters. The van der Waals surface area contributed by atoms with E-state index in [0.717, 1.165) is 12.0 Å². The molecule has 4 heteroatoms. The van der Waals surface area contributed by atoms with Crippen LogP contribution in [0.3, 0.4) is 0 Å². The second-order valence-corrected chi connectivity index (χ2v) is 4.42. The largest absolute Gasteiger partial charge is 0.492 e. The first-order valence-corrected chi connectivity index (χ1v) is 5.23. The van der Waals surface area contributed by atoms with Crippen molar-refractivity contribution in [1.29, 1.82) is 0 Å². The zero-order valence-corrected chi connectivity index (χ0v) is 9.03. The minimum Gasteiger partial charge on any atom is -0.492 e. The number of hydrogen-bond donors (Lipinski definition) is 0. The molecule has 1 heterocycles. The molecule has 13 heavy (non-hydrogen) atoms. The third-order valence-corrected chi connectivity index (χ3v) is 3.22. The van der Waals surface area contributed by atoms with Crippen molar-refractivity contribution in [1.82, 2.24) is 0 Å². The lowest BCUT2D eigenvalue weighted by atomic mass is 10.1. The maximum Gasteiger partial charge on any atom is 0.142 e. The van der Waals surface area contributed by atoms with E-state index in [1.165, 1.54) is 12.1 Å². The first-order valence-electron chi connectivity index (χ1n) is 3.94. The van der Waals surface area contributed by atoms with Gasteiger partial charge >= 0.3 is 0 Å². The van der Waals surface area contributed by atoms with Crippen molar-refractivity contribution in [3.05, 3.63) is 28.5 Å². The molecule has 0 saturated carbocycles. The molecule has 0 bridgehead atoms. The quantitative estimate of drug-likeness (QED) is 0.650. The Labute approximate surface area is 89.0 Å². The molecule has 1 aromatic carbocycles. The van der Waals surface area contributed by atoms with Crippen molar-refractivity contribution in [2.75, 3.05) is 6.61 Å². The second kappa shape index (κ2) is 3.46. The van der Waals surface area contributed by atoms with E-state index in [0.29, 0.717) is 17.4 Å². The fourth-order valence-electron chi connectivity index (χ4n) is 1.39. The topological polar surface area (TPSA) is 9.23 Å². The maximum atomic E-state index is 13.0. The molecule has 0 amide bonds. The van der Waals surface area contributed by atoms with Gasteiger partial charge in [0.05, 0.1) is 11.6 Å². The third-order valence-electron chi connectivity index (χ3n) is 1.99. The van der Waals surface area contributed by atoms with E-state index in [2.05, 4.69) is 15.9 Å².